The molecule has 0 spiro atoms. The van der Waals surface area contributed by atoms with Crippen molar-refractivity contribution in [3.05, 3.63) is 51.2 Å². The predicted octanol–water partition coefficient (Wildman–Crippen LogP) is 2.88. The van der Waals surface area contributed by atoms with Gasteiger partial charge in [0, 0.05) is 28.3 Å². The quantitative estimate of drug-likeness (QED) is 0.927. The number of nitrogens with zero attached hydrogens (tertiary/aromatic N) is 2. The molecule has 2 N–H and O–H groups in total. The molecule has 2 rings (SSSR count). The number of hydrogen-bond acceptors (Lipinski definition) is 2. The number of hydrogen-bond donors (Lipinski definition) is 1. The molecule has 1 aromatic carbocycles. The van der Waals surface area contributed by atoms with Gasteiger partial charge in [-0.2, -0.15) is 5.10 Å². The standard InChI is InChI=1S/C11H11BrClN3/c1-16-6-8(5-15-16)11(14)7-2-9(12)4-10(13)3-7/h2-6,11H,14H2,1H3. The number of rotatable bonds is 2. The summed E-state index contributed by atoms with van der Waals surface area (Å²) in [5.41, 5.74) is 8.07. The first-order chi connectivity index (χ1) is 7.56. The molecule has 0 aliphatic carbocycles. The molecule has 0 aliphatic rings. The van der Waals surface area contributed by atoms with Crippen LogP contribution in [-0.4, -0.2) is 9.78 Å². The van der Waals surface area contributed by atoms with E-state index >= 15 is 0 Å². The Labute approximate surface area is 107 Å². The van der Waals surface area contributed by atoms with E-state index in [-0.39, 0.29) is 6.04 Å². The molecular formula is C11H11BrClN3. The second kappa shape index (κ2) is 4.57. The van der Waals surface area contributed by atoms with Crippen molar-refractivity contribution < 1.29 is 0 Å². The van der Waals surface area contributed by atoms with Crippen molar-refractivity contribution in [1.82, 2.24) is 9.78 Å². The lowest BCUT2D eigenvalue weighted by atomic mass is 10.0. The minimum Gasteiger partial charge on any atom is -0.320 e. The van der Waals surface area contributed by atoms with E-state index in [1.54, 1.807) is 10.9 Å². The molecule has 1 unspecified atom stereocenters. The summed E-state index contributed by atoms with van der Waals surface area (Å²) >= 11 is 9.38. The van der Waals surface area contributed by atoms with Gasteiger partial charge in [0.2, 0.25) is 0 Å². The minimum atomic E-state index is -0.205. The van der Waals surface area contributed by atoms with E-state index in [0.717, 1.165) is 15.6 Å². The molecule has 5 heteroatoms. The van der Waals surface area contributed by atoms with Crippen LogP contribution in [0.3, 0.4) is 0 Å². The van der Waals surface area contributed by atoms with E-state index in [1.807, 2.05) is 31.4 Å². The van der Waals surface area contributed by atoms with Crippen LogP contribution in [0.5, 0.6) is 0 Å². The first-order valence-electron chi connectivity index (χ1n) is 4.76. The van der Waals surface area contributed by atoms with Crippen LogP contribution in [0.15, 0.2) is 35.1 Å². The van der Waals surface area contributed by atoms with Gasteiger partial charge >= 0.3 is 0 Å². The Balaban J connectivity index is 2.37. The molecule has 0 saturated carbocycles. The van der Waals surface area contributed by atoms with Gasteiger partial charge in [-0.1, -0.05) is 27.5 Å². The highest BCUT2D eigenvalue weighted by Crippen LogP contribution is 2.26. The summed E-state index contributed by atoms with van der Waals surface area (Å²) in [6.45, 7) is 0. The average molecular weight is 301 g/mol. The Bertz CT molecular complexity index is 489. The van der Waals surface area contributed by atoms with Crippen molar-refractivity contribution in [2.75, 3.05) is 0 Å². The zero-order valence-electron chi connectivity index (χ0n) is 8.69. The SMILES string of the molecule is Cn1cc(C(N)c2cc(Cl)cc(Br)c2)cn1. The third-order valence-corrected chi connectivity index (χ3v) is 3.00. The lowest BCUT2D eigenvalue weighted by Gasteiger charge is -2.10. The molecule has 3 nitrogen and oxygen atoms in total. The highest BCUT2D eigenvalue weighted by atomic mass is 79.9. The lowest BCUT2D eigenvalue weighted by Crippen LogP contribution is -2.11. The van der Waals surface area contributed by atoms with Crippen LogP contribution < -0.4 is 5.73 Å². The van der Waals surface area contributed by atoms with E-state index in [4.69, 9.17) is 17.3 Å². The Morgan fingerprint density at radius 3 is 2.69 bits per heavy atom. The molecule has 1 heterocycles. The van der Waals surface area contributed by atoms with Crippen molar-refractivity contribution >= 4 is 27.5 Å². The summed E-state index contributed by atoms with van der Waals surface area (Å²) in [5.74, 6) is 0. The molecule has 16 heavy (non-hydrogen) atoms. The van der Waals surface area contributed by atoms with Crippen LogP contribution >= 0.6 is 27.5 Å². The highest BCUT2D eigenvalue weighted by molar-refractivity contribution is 9.10. The highest BCUT2D eigenvalue weighted by Gasteiger charge is 2.11. The number of aromatic nitrogens is 2. The zero-order chi connectivity index (χ0) is 11.7. The van der Waals surface area contributed by atoms with E-state index in [1.165, 1.54) is 0 Å². The maximum Gasteiger partial charge on any atom is 0.0583 e. The fourth-order valence-electron chi connectivity index (χ4n) is 1.55. The van der Waals surface area contributed by atoms with E-state index in [2.05, 4.69) is 21.0 Å². The zero-order valence-corrected chi connectivity index (χ0v) is 11.0. The van der Waals surface area contributed by atoms with Crippen molar-refractivity contribution in [2.45, 2.75) is 6.04 Å². The van der Waals surface area contributed by atoms with Crippen molar-refractivity contribution in [1.29, 1.82) is 0 Å². The van der Waals surface area contributed by atoms with Gasteiger partial charge in [0.15, 0.2) is 0 Å². The number of nitrogens with two attached hydrogens (primary N) is 1. The largest absolute Gasteiger partial charge is 0.320 e. The van der Waals surface area contributed by atoms with Gasteiger partial charge in [0.05, 0.1) is 12.2 Å². The first-order valence-corrected chi connectivity index (χ1v) is 5.93. The summed E-state index contributed by atoms with van der Waals surface area (Å²) in [5, 5.41) is 4.77. The maximum absolute atomic E-state index is 6.13. The first kappa shape index (κ1) is 11.6. The van der Waals surface area contributed by atoms with Crippen LogP contribution in [0.2, 0.25) is 5.02 Å². The fourth-order valence-corrected chi connectivity index (χ4v) is 2.43. The smallest absolute Gasteiger partial charge is 0.0583 e. The number of aryl methyl sites for hydroxylation is 1. The van der Waals surface area contributed by atoms with Gasteiger partial charge in [0.25, 0.3) is 0 Å². The molecule has 0 aliphatic heterocycles. The van der Waals surface area contributed by atoms with Crippen molar-refractivity contribution in [3.63, 3.8) is 0 Å². The number of halogens is 2. The summed E-state index contributed by atoms with van der Waals surface area (Å²) in [6.07, 6.45) is 3.67. The van der Waals surface area contributed by atoms with Gasteiger partial charge in [-0.05, 0) is 23.8 Å². The molecule has 0 saturated heterocycles. The Hall–Kier alpha value is -0.840. The third kappa shape index (κ3) is 2.45. The van der Waals surface area contributed by atoms with E-state index in [9.17, 15) is 0 Å². The molecular weight excluding hydrogens is 289 g/mol. The average Bonchev–Trinajstić information content (AvgIpc) is 2.62. The van der Waals surface area contributed by atoms with E-state index in [0.29, 0.717) is 5.02 Å². The van der Waals surface area contributed by atoms with Crippen LogP contribution in [0, 0.1) is 0 Å². The minimum absolute atomic E-state index is 0.205. The van der Waals surface area contributed by atoms with Gasteiger partial charge < -0.3 is 5.73 Å². The summed E-state index contributed by atoms with van der Waals surface area (Å²) in [6, 6.07) is 5.46. The molecule has 0 radical (unpaired) electrons. The predicted molar refractivity (Wildman–Crippen MR) is 68.4 cm³/mol. The number of benzene rings is 1. The van der Waals surface area contributed by atoms with Crippen molar-refractivity contribution in [3.8, 4) is 0 Å². The monoisotopic (exact) mass is 299 g/mol. The Morgan fingerprint density at radius 1 is 1.38 bits per heavy atom. The molecule has 1 atom stereocenters. The van der Waals surface area contributed by atoms with Gasteiger partial charge in [0.1, 0.15) is 0 Å². The van der Waals surface area contributed by atoms with Gasteiger partial charge in [-0.3, -0.25) is 4.68 Å². The molecule has 84 valence electrons. The van der Waals surface area contributed by atoms with Gasteiger partial charge in [-0.15, -0.1) is 0 Å². The molecule has 0 fully saturated rings. The van der Waals surface area contributed by atoms with Crippen molar-refractivity contribution in [2.24, 2.45) is 12.8 Å². The molecule has 0 amide bonds. The summed E-state index contributed by atoms with van der Waals surface area (Å²) in [7, 11) is 1.87. The van der Waals surface area contributed by atoms with Crippen LogP contribution in [0.4, 0.5) is 0 Å². The Morgan fingerprint density at radius 2 is 2.12 bits per heavy atom. The Kier molecular flexibility index (Phi) is 3.33. The topological polar surface area (TPSA) is 43.8 Å². The summed E-state index contributed by atoms with van der Waals surface area (Å²) < 4.78 is 2.66. The maximum atomic E-state index is 6.13. The normalized spacial score (nSPS) is 12.8. The fraction of sp³-hybridized carbons (Fsp3) is 0.182. The van der Waals surface area contributed by atoms with Crippen LogP contribution in [0.1, 0.15) is 17.2 Å². The summed E-state index contributed by atoms with van der Waals surface area (Å²) in [4.78, 5) is 0. The van der Waals surface area contributed by atoms with Gasteiger partial charge in [-0.25, -0.2) is 0 Å². The van der Waals surface area contributed by atoms with Crippen LogP contribution in [0.25, 0.3) is 0 Å². The molecule has 1 aromatic heterocycles. The lowest BCUT2D eigenvalue weighted by molar-refractivity contribution is 0.765. The molecule has 2 aromatic rings. The van der Waals surface area contributed by atoms with Crippen LogP contribution in [-0.2, 0) is 7.05 Å². The third-order valence-electron chi connectivity index (χ3n) is 2.33. The second-order valence-corrected chi connectivity index (χ2v) is 4.98. The van der Waals surface area contributed by atoms with E-state index < -0.39 is 0 Å². The molecule has 0 bridgehead atoms. The second-order valence-electron chi connectivity index (χ2n) is 3.63.